The Morgan fingerprint density at radius 2 is 1.87 bits per heavy atom. The maximum absolute atomic E-state index is 12.4. The Kier molecular flexibility index (Phi) is 3.85. The molecule has 3 rings (SSSR count). The van der Waals surface area contributed by atoms with Crippen LogP contribution in [-0.4, -0.2) is 30.6 Å². The maximum Gasteiger partial charge on any atom is 0.341 e. The Bertz CT molecular complexity index is 793. The molecule has 0 saturated carbocycles. The molecule has 1 N–H and O–H groups in total. The Morgan fingerprint density at radius 3 is 2.57 bits per heavy atom. The lowest BCUT2D eigenvalue weighted by Crippen LogP contribution is -2.20. The molecule has 0 spiro atoms. The molecule has 5 nitrogen and oxygen atoms in total. The second-order valence-corrected chi connectivity index (χ2v) is 5.19. The minimum Gasteiger partial charge on any atom is -0.482 e. The molecule has 2 aromatic carbocycles. The van der Waals surface area contributed by atoms with Gasteiger partial charge >= 0.3 is 5.97 Å². The molecule has 0 radical (unpaired) electrons. The van der Waals surface area contributed by atoms with Gasteiger partial charge in [0, 0.05) is 18.2 Å². The second-order valence-electron chi connectivity index (χ2n) is 5.19. The number of likely N-dealkylation sites (N-methyl/N-ethyl adjacent to an activating group) is 1. The molecular weight excluding hydrogens is 294 g/mol. The number of hydrogen-bond donors (Lipinski definition) is 1. The molecule has 1 aliphatic rings. The van der Waals surface area contributed by atoms with Crippen molar-refractivity contribution in [1.29, 1.82) is 0 Å². The summed E-state index contributed by atoms with van der Waals surface area (Å²) in [7, 11) is 1.75. The van der Waals surface area contributed by atoms with Gasteiger partial charge in [-0.2, -0.15) is 0 Å². The normalized spacial score (nSPS) is 14.9. The number of ether oxygens (including phenoxy) is 1. The van der Waals surface area contributed by atoms with Gasteiger partial charge in [-0.25, -0.2) is 4.79 Å². The average Bonchev–Trinajstić information content (AvgIpc) is 2.80. The van der Waals surface area contributed by atoms with Crippen LogP contribution in [0.5, 0.6) is 5.75 Å². The van der Waals surface area contributed by atoms with Crippen molar-refractivity contribution >= 4 is 29.2 Å². The number of hydrogen-bond acceptors (Lipinski definition) is 3. The van der Waals surface area contributed by atoms with Crippen molar-refractivity contribution in [2.24, 2.45) is 0 Å². The van der Waals surface area contributed by atoms with Gasteiger partial charge in [-0.3, -0.25) is 4.79 Å². The molecule has 2 aromatic rings. The van der Waals surface area contributed by atoms with Crippen LogP contribution in [0.1, 0.15) is 11.1 Å². The van der Waals surface area contributed by atoms with E-state index in [1.807, 2.05) is 30.3 Å². The van der Waals surface area contributed by atoms with Crippen molar-refractivity contribution in [2.75, 3.05) is 18.6 Å². The number of carboxylic acids is 1. The van der Waals surface area contributed by atoms with Gasteiger partial charge in [0.15, 0.2) is 6.61 Å². The number of amides is 1. The average molecular weight is 309 g/mol. The summed E-state index contributed by atoms with van der Waals surface area (Å²) in [6.07, 6.45) is 1.83. The van der Waals surface area contributed by atoms with Gasteiger partial charge in [-0.1, -0.05) is 30.3 Å². The molecule has 1 heterocycles. The molecule has 1 aliphatic heterocycles. The zero-order valence-electron chi connectivity index (χ0n) is 12.5. The van der Waals surface area contributed by atoms with E-state index in [0.29, 0.717) is 11.3 Å². The highest BCUT2D eigenvalue weighted by atomic mass is 16.5. The van der Waals surface area contributed by atoms with Crippen molar-refractivity contribution < 1.29 is 19.4 Å². The maximum atomic E-state index is 12.4. The van der Waals surface area contributed by atoms with Crippen LogP contribution in [0.2, 0.25) is 0 Å². The van der Waals surface area contributed by atoms with Crippen LogP contribution in [0.15, 0.2) is 48.5 Å². The lowest BCUT2D eigenvalue weighted by molar-refractivity contribution is -0.139. The number of carbonyl (C=O) groups excluding carboxylic acids is 1. The molecule has 23 heavy (non-hydrogen) atoms. The van der Waals surface area contributed by atoms with Gasteiger partial charge in [-0.15, -0.1) is 0 Å². The number of anilines is 1. The lowest BCUT2D eigenvalue weighted by Gasteiger charge is -2.08. The van der Waals surface area contributed by atoms with Crippen LogP contribution in [-0.2, 0) is 9.59 Å². The molecule has 116 valence electrons. The summed E-state index contributed by atoms with van der Waals surface area (Å²) in [4.78, 5) is 24.5. The second kappa shape index (κ2) is 5.96. The monoisotopic (exact) mass is 309 g/mol. The highest BCUT2D eigenvalue weighted by Crippen LogP contribution is 2.36. The number of carboxylic acid groups (broad SMARTS) is 1. The fraction of sp³-hybridized carbons (Fsp3) is 0.111. The first-order valence-corrected chi connectivity index (χ1v) is 7.10. The topological polar surface area (TPSA) is 66.8 Å². The first-order valence-electron chi connectivity index (χ1n) is 7.10. The number of para-hydroxylation sites is 1. The predicted octanol–water partition coefficient (Wildman–Crippen LogP) is 2.67. The summed E-state index contributed by atoms with van der Waals surface area (Å²) in [6, 6.07) is 14.6. The number of aliphatic carboxylic acids is 1. The van der Waals surface area contributed by atoms with E-state index in [2.05, 4.69) is 0 Å². The van der Waals surface area contributed by atoms with E-state index in [-0.39, 0.29) is 12.5 Å². The molecule has 0 aliphatic carbocycles. The smallest absolute Gasteiger partial charge is 0.341 e. The first kappa shape index (κ1) is 14.8. The van der Waals surface area contributed by atoms with E-state index in [0.717, 1.165) is 16.8 Å². The molecule has 0 saturated heterocycles. The minimum atomic E-state index is -1.02. The zero-order chi connectivity index (χ0) is 16.4. The number of benzene rings is 2. The van der Waals surface area contributed by atoms with Crippen LogP contribution in [0.3, 0.4) is 0 Å². The Morgan fingerprint density at radius 1 is 1.17 bits per heavy atom. The summed E-state index contributed by atoms with van der Waals surface area (Å²) < 4.78 is 5.09. The minimum absolute atomic E-state index is 0.0441. The lowest BCUT2D eigenvalue weighted by atomic mass is 10.0. The number of rotatable bonds is 4. The van der Waals surface area contributed by atoms with Gasteiger partial charge in [0.2, 0.25) is 0 Å². The third-order valence-electron chi connectivity index (χ3n) is 3.64. The van der Waals surface area contributed by atoms with Crippen LogP contribution < -0.4 is 9.64 Å². The SMILES string of the molecule is CN1C(=O)/C(=C\c2ccc(OCC(=O)O)cc2)c2ccccc21. The Balaban J connectivity index is 1.87. The largest absolute Gasteiger partial charge is 0.482 e. The van der Waals surface area contributed by atoms with Crippen molar-refractivity contribution in [3.05, 3.63) is 59.7 Å². The molecule has 0 fully saturated rings. The Labute approximate surface area is 133 Å². The van der Waals surface area contributed by atoms with Crippen LogP contribution in [0.4, 0.5) is 5.69 Å². The predicted molar refractivity (Wildman–Crippen MR) is 87.3 cm³/mol. The van der Waals surface area contributed by atoms with Crippen molar-refractivity contribution in [1.82, 2.24) is 0 Å². The third-order valence-corrected chi connectivity index (χ3v) is 3.64. The van der Waals surface area contributed by atoms with E-state index in [4.69, 9.17) is 9.84 Å². The van der Waals surface area contributed by atoms with Crippen molar-refractivity contribution in [3.8, 4) is 5.75 Å². The number of fused-ring (bicyclic) bond motifs is 1. The van der Waals surface area contributed by atoms with E-state index in [9.17, 15) is 9.59 Å². The molecule has 0 aromatic heterocycles. The number of nitrogens with zero attached hydrogens (tertiary/aromatic N) is 1. The summed E-state index contributed by atoms with van der Waals surface area (Å²) in [6.45, 7) is -0.378. The van der Waals surface area contributed by atoms with Gasteiger partial charge in [0.25, 0.3) is 5.91 Å². The summed E-state index contributed by atoms with van der Waals surface area (Å²) in [5.74, 6) is -0.588. The highest BCUT2D eigenvalue weighted by molar-refractivity contribution is 6.35. The van der Waals surface area contributed by atoms with Gasteiger partial charge < -0.3 is 14.7 Å². The first-order chi connectivity index (χ1) is 11.1. The zero-order valence-corrected chi connectivity index (χ0v) is 12.5. The molecular formula is C18H15NO4. The Hall–Kier alpha value is -3.08. The highest BCUT2D eigenvalue weighted by Gasteiger charge is 2.28. The van der Waals surface area contributed by atoms with Gasteiger partial charge in [0.05, 0.1) is 5.69 Å². The quantitative estimate of drug-likeness (QED) is 0.882. The van der Waals surface area contributed by atoms with E-state index in [1.165, 1.54) is 0 Å². The molecule has 0 bridgehead atoms. The van der Waals surface area contributed by atoms with E-state index >= 15 is 0 Å². The third kappa shape index (κ3) is 2.94. The van der Waals surface area contributed by atoms with Crippen LogP contribution >= 0.6 is 0 Å². The molecule has 5 heteroatoms. The summed E-state index contributed by atoms with van der Waals surface area (Å²) in [5, 5.41) is 8.59. The molecule has 0 unspecified atom stereocenters. The molecule has 1 amide bonds. The van der Waals surface area contributed by atoms with E-state index < -0.39 is 5.97 Å². The van der Waals surface area contributed by atoms with Crippen LogP contribution in [0.25, 0.3) is 11.6 Å². The van der Waals surface area contributed by atoms with Crippen molar-refractivity contribution in [3.63, 3.8) is 0 Å². The van der Waals surface area contributed by atoms with Crippen LogP contribution in [0, 0.1) is 0 Å². The van der Waals surface area contributed by atoms with E-state index in [1.54, 1.807) is 36.2 Å². The number of carbonyl (C=O) groups is 2. The molecule has 0 atom stereocenters. The van der Waals surface area contributed by atoms with Gasteiger partial charge in [-0.05, 0) is 29.8 Å². The van der Waals surface area contributed by atoms with Crippen molar-refractivity contribution in [2.45, 2.75) is 0 Å². The fourth-order valence-corrected chi connectivity index (χ4v) is 2.51. The summed E-state index contributed by atoms with van der Waals surface area (Å²) >= 11 is 0. The van der Waals surface area contributed by atoms with Gasteiger partial charge in [0.1, 0.15) is 5.75 Å². The fourth-order valence-electron chi connectivity index (χ4n) is 2.51. The summed E-state index contributed by atoms with van der Waals surface area (Å²) in [5.41, 5.74) is 3.29. The standard InChI is InChI=1S/C18H15NO4/c1-19-16-5-3-2-4-14(16)15(18(19)22)10-12-6-8-13(9-7-12)23-11-17(20)21/h2-10H,11H2,1H3,(H,20,21)/b15-10-.